The van der Waals surface area contributed by atoms with Gasteiger partial charge in [0.2, 0.25) is 0 Å². The van der Waals surface area contributed by atoms with Crippen LogP contribution in [0.1, 0.15) is 31.4 Å². The number of hydrogen-bond acceptors (Lipinski definition) is 17. The second kappa shape index (κ2) is 53.6. The molecule has 0 amide bonds. The van der Waals surface area contributed by atoms with Crippen molar-refractivity contribution in [3.05, 3.63) is 93.5 Å². The van der Waals surface area contributed by atoms with Gasteiger partial charge >= 0.3 is 54.7 Å². The molecule has 0 fully saturated rings. The van der Waals surface area contributed by atoms with Crippen molar-refractivity contribution < 1.29 is 117 Å². The molecule has 291 valence electrons. The molecule has 0 aliphatic rings. The Morgan fingerprint density at radius 3 is 1.10 bits per heavy atom. The third kappa shape index (κ3) is 55.5. The molecule has 1 radical (unpaired) electrons. The van der Waals surface area contributed by atoms with E-state index in [1.54, 1.807) is 61.0 Å². The minimum atomic E-state index is -1.75. The molecule has 2 aromatic rings. The molecule has 0 spiro atoms. The van der Waals surface area contributed by atoms with Gasteiger partial charge in [-0.15, -0.1) is 0 Å². The number of hydrogen-bond donors (Lipinski definition) is 0. The van der Waals surface area contributed by atoms with E-state index >= 15 is 0 Å². The van der Waals surface area contributed by atoms with Gasteiger partial charge in [0.25, 0.3) is 0 Å². The van der Waals surface area contributed by atoms with Crippen molar-refractivity contribution in [2.75, 3.05) is 27.3 Å². The van der Waals surface area contributed by atoms with Gasteiger partial charge in [-0.2, -0.15) is 10.5 Å². The summed E-state index contributed by atoms with van der Waals surface area (Å²) in [5.74, 6) is 0.265. The van der Waals surface area contributed by atoms with Gasteiger partial charge in [-0.25, -0.2) is 0 Å². The van der Waals surface area contributed by atoms with Gasteiger partial charge in [0.1, 0.15) is 11.5 Å². The maximum absolute atomic E-state index is 11.9. The minimum absolute atomic E-state index is 0. The summed E-state index contributed by atoms with van der Waals surface area (Å²) in [7, 11) is 2.93. The van der Waals surface area contributed by atoms with Crippen LogP contribution in [0.4, 0.5) is 0 Å². The largest absolute Gasteiger partial charge is 3.00 e. The first-order valence-electron chi connectivity index (χ1n) is 10.9. The van der Waals surface area contributed by atoms with Crippen LogP contribution < -0.4 is 19.7 Å². The predicted octanol–water partition coefficient (Wildman–Crippen LogP) is -2.39. The molecule has 25 nitrogen and oxygen atoms in total. The Bertz CT molecular complexity index is 1130. The van der Waals surface area contributed by atoms with Crippen LogP contribution in [0.2, 0.25) is 0 Å². The van der Waals surface area contributed by atoms with Crippen molar-refractivity contribution in [1.29, 1.82) is 10.5 Å². The quantitative estimate of drug-likeness (QED) is 0.0666. The summed E-state index contributed by atoms with van der Waals surface area (Å²) in [6, 6.07) is 13.6. The zero-order valence-corrected chi connectivity index (χ0v) is 29.6. The topological polar surface area (TPSA) is 499 Å². The molecular formula is C23H40DyN7NiO18+4. The van der Waals surface area contributed by atoms with E-state index in [4.69, 9.17) is 66.0 Å². The van der Waals surface area contributed by atoms with Crippen molar-refractivity contribution in [2.45, 2.75) is 20.3 Å². The number of methoxy groups -OCH3 is 2. The number of ether oxygens (including phenoxy) is 2. The van der Waals surface area contributed by atoms with Crippen molar-refractivity contribution in [3.63, 3.8) is 0 Å². The number of benzene rings is 2. The maximum atomic E-state index is 11.9. The fourth-order valence-corrected chi connectivity index (χ4v) is 2.17. The van der Waals surface area contributed by atoms with Crippen molar-refractivity contribution >= 4 is 12.4 Å². The maximum Gasteiger partial charge on any atom is 3.00 e. The molecule has 0 aliphatic heterocycles. The van der Waals surface area contributed by atoms with E-state index in [1.807, 2.05) is 0 Å². The summed E-state index contributed by atoms with van der Waals surface area (Å²) in [5, 5.41) is 82.7. The Balaban J connectivity index is -0.0000000572. The Kier molecular flexibility index (Phi) is 80.9. The third-order valence-electron chi connectivity index (χ3n) is 3.49. The SMILES string of the molecule is CC#N.CC#N.COc1cccc(C=NCCCN=Cc2cccc(OC)c2[O-])c1[O-].O.O=[N+]([O-])[O-].O=[N+]([O-])[O-].O=[N+]([O-])[O-].[Dy+3].[Ni+2].[OH3+].[OH3+].[OH3+].[OH3+]. The van der Waals surface area contributed by atoms with Crippen LogP contribution in [0, 0.1) is 107 Å². The third-order valence-corrected chi connectivity index (χ3v) is 3.49. The van der Waals surface area contributed by atoms with Crippen LogP contribution in [-0.4, -0.2) is 60.5 Å². The van der Waals surface area contributed by atoms with Crippen LogP contribution in [0.15, 0.2) is 46.4 Å². The van der Waals surface area contributed by atoms with E-state index in [1.165, 1.54) is 28.1 Å². The summed E-state index contributed by atoms with van der Waals surface area (Å²) in [5.41, 5.74) is 0.991. The number of rotatable bonds is 8. The smallest absolute Gasteiger partial charge is 0.870 e. The Labute approximate surface area is 324 Å². The first kappa shape index (κ1) is 75.4. The average Bonchev–Trinajstić information content (AvgIpc) is 2.90. The molecule has 0 atom stereocenters. The Morgan fingerprint density at radius 2 is 0.900 bits per heavy atom. The molecule has 2 rings (SSSR count). The van der Waals surface area contributed by atoms with Gasteiger partial charge in [0.05, 0.1) is 41.6 Å². The van der Waals surface area contributed by atoms with E-state index in [-0.39, 0.29) is 93.5 Å². The molecule has 2 aromatic carbocycles. The first-order valence-corrected chi connectivity index (χ1v) is 10.9. The minimum Gasteiger partial charge on any atom is -0.870 e. The van der Waals surface area contributed by atoms with Gasteiger partial charge in [-0.3, -0.25) is 9.98 Å². The molecule has 0 saturated carbocycles. The second-order valence-corrected chi connectivity index (χ2v) is 6.30. The van der Waals surface area contributed by atoms with Crippen molar-refractivity contribution in [3.8, 4) is 35.1 Å². The summed E-state index contributed by atoms with van der Waals surface area (Å²) in [6.07, 6.45) is 3.81. The van der Waals surface area contributed by atoms with Crippen LogP contribution >= 0.6 is 0 Å². The zero-order valence-electron chi connectivity index (χ0n) is 26.6. The first-order chi connectivity index (χ1) is 20.2. The standard InChI is InChI=1S/C19H22N2O4.2C2H3N.Dy.3NO3.Ni.5H2O/c1-24-16-8-3-6-14(18(16)22)12-20-10-5-11-21-13-15-7-4-9-17(25-2)19(15)23;2*1-2-3;;3*2-1(3)4;;;;;;/h3-4,6-9,12-13,22-23H,5,10-11H2,1-2H3;2*1H3;;;;;;5*1H2/q;;;+3;3*-1;+2;;;;;/p+2. The number of nitrogens with zero attached hydrogens (tertiary/aromatic N) is 7. The van der Waals surface area contributed by atoms with Crippen molar-refractivity contribution in [1.82, 2.24) is 0 Å². The number of aliphatic imine (C=N–C) groups is 2. The van der Waals surface area contributed by atoms with Crippen LogP contribution in [-0.2, 0) is 38.4 Å². The summed E-state index contributed by atoms with van der Waals surface area (Å²) in [6.45, 7) is 3.94. The molecule has 50 heavy (non-hydrogen) atoms. The average molecular weight is 924 g/mol. The van der Waals surface area contributed by atoms with Gasteiger partial charge in [0.15, 0.2) is 0 Å². The molecule has 0 bridgehead atoms. The Hall–Kier alpha value is -4.87. The van der Waals surface area contributed by atoms with Gasteiger partial charge < -0.3 is 93.0 Å². The molecule has 0 heterocycles. The van der Waals surface area contributed by atoms with Gasteiger partial charge in [-0.05, 0) is 29.7 Å². The number of para-hydroxylation sites is 2. The van der Waals surface area contributed by atoms with Crippen LogP contribution in [0.25, 0.3) is 0 Å². The van der Waals surface area contributed by atoms with Crippen molar-refractivity contribution in [2.24, 2.45) is 9.98 Å². The normalized spacial score (nSPS) is 7.40. The van der Waals surface area contributed by atoms with E-state index in [9.17, 15) is 10.2 Å². The van der Waals surface area contributed by atoms with Gasteiger partial charge in [-0.1, -0.05) is 35.8 Å². The molecule has 27 heteroatoms. The molecule has 0 aromatic heterocycles. The zero-order chi connectivity index (χ0) is 34.2. The fraction of sp³-hybridized carbons (Fsp3) is 0.304. The fourth-order valence-electron chi connectivity index (χ4n) is 2.17. The summed E-state index contributed by atoms with van der Waals surface area (Å²) in [4.78, 5) is 33.2. The van der Waals surface area contributed by atoms with E-state index < -0.39 is 15.3 Å². The summed E-state index contributed by atoms with van der Waals surface area (Å²) >= 11 is 0. The molecule has 0 unspecified atom stereocenters. The second-order valence-electron chi connectivity index (χ2n) is 6.30. The molecule has 14 N–H and O–H groups in total. The van der Waals surface area contributed by atoms with Gasteiger partial charge in [0, 0.05) is 39.4 Å². The monoisotopic (exact) mass is 924 g/mol. The molecular weight excluding hydrogens is 883 g/mol. The predicted molar refractivity (Wildman–Crippen MR) is 171 cm³/mol. The number of nitriles is 2. The Morgan fingerprint density at radius 1 is 0.680 bits per heavy atom. The van der Waals surface area contributed by atoms with Crippen LogP contribution in [0.3, 0.4) is 0 Å². The van der Waals surface area contributed by atoms with E-state index in [2.05, 4.69) is 9.98 Å². The van der Waals surface area contributed by atoms with E-state index in [0.717, 1.165) is 0 Å². The summed E-state index contributed by atoms with van der Waals surface area (Å²) < 4.78 is 9.97. The van der Waals surface area contributed by atoms with E-state index in [0.29, 0.717) is 42.1 Å². The van der Waals surface area contributed by atoms with Crippen LogP contribution in [0.5, 0.6) is 23.0 Å². The molecule has 0 saturated heterocycles. The molecule has 0 aliphatic carbocycles.